The zero-order chi connectivity index (χ0) is 17.4. The number of aryl methyl sites for hydroxylation is 2. The average molecular weight is 344 g/mol. The predicted molar refractivity (Wildman–Crippen MR) is 84.5 cm³/mol. The quantitative estimate of drug-likeness (QED) is 0.837. The Balaban J connectivity index is 1.92. The van der Waals surface area contributed by atoms with Crippen LogP contribution in [-0.4, -0.2) is 46.4 Å². The topological polar surface area (TPSA) is 119 Å². The summed E-state index contributed by atoms with van der Waals surface area (Å²) in [6, 6.07) is 1.46. The third-order valence-electron chi connectivity index (χ3n) is 4.42. The Labute approximate surface area is 136 Å². The summed E-state index contributed by atoms with van der Waals surface area (Å²) in [6.07, 6.45) is 1.64. The highest BCUT2D eigenvalue weighted by molar-refractivity contribution is 7.89. The van der Waals surface area contributed by atoms with Gasteiger partial charge in [0.25, 0.3) is 10.0 Å². The monoisotopic (exact) mass is 344 g/mol. The molecular weight excluding hydrogens is 320 g/mol. The van der Waals surface area contributed by atoms with Gasteiger partial charge in [-0.25, -0.2) is 18.4 Å². The molecule has 1 aromatic rings. The van der Waals surface area contributed by atoms with E-state index in [1.165, 1.54) is 11.0 Å². The number of aromatic nitrogens is 2. The van der Waals surface area contributed by atoms with Crippen molar-refractivity contribution in [1.29, 1.82) is 0 Å². The minimum Gasteiger partial charge on any atom is -0.465 e. The molecular formula is C14H24N4O4S. The molecule has 1 aliphatic rings. The number of carbonyl (C=O) groups is 1. The summed E-state index contributed by atoms with van der Waals surface area (Å²) in [6.45, 7) is 6.80. The first-order valence-corrected chi connectivity index (χ1v) is 9.13. The highest BCUT2D eigenvalue weighted by Gasteiger charge is 2.40. The van der Waals surface area contributed by atoms with Gasteiger partial charge in [0.2, 0.25) is 0 Å². The van der Waals surface area contributed by atoms with Crippen LogP contribution in [-0.2, 0) is 16.6 Å². The third kappa shape index (κ3) is 4.03. The van der Waals surface area contributed by atoms with E-state index < -0.39 is 16.1 Å². The number of nitrogens with zero attached hydrogens (tertiary/aromatic N) is 3. The lowest BCUT2D eigenvalue weighted by molar-refractivity contribution is 0.117. The molecule has 1 atom stereocenters. The van der Waals surface area contributed by atoms with Crippen molar-refractivity contribution < 1.29 is 18.3 Å². The number of primary sulfonamides is 1. The van der Waals surface area contributed by atoms with E-state index in [1.54, 1.807) is 11.6 Å². The molecule has 1 aliphatic heterocycles. The van der Waals surface area contributed by atoms with Gasteiger partial charge in [-0.2, -0.15) is 5.10 Å². The first-order valence-electron chi connectivity index (χ1n) is 7.58. The van der Waals surface area contributed by atoms with Crippen LogP contribution in [0, 0.1) is 12.8 Å². The summed E-state index contributed by atoms with van der Waals surface area (Å²) in [5.74, 6) is 0.315. The fraction of sp³-hybridized carbons (Fsp3) is 0.714. The first-order chi connectivity index (χ1) is 10.5. The van der Waals surface area contributed by atoms with Crippen molar-refractivity contribution in [3.05, 3.63) is 11.8 Å². The van der Waals surface area contributed by atoms with E-state index in [0.29, 0.717) is 19.0 Å². The summed E-state index contributed by atoms with van der Waals surface area (Å²) in [4.78, 5) is 12.7. The van der Waals surface area contributed by atoms with Crippen LogP contribution in [0.25, 0.3) is 0 Å². The van der Waals surface area contributed by atoms with E-state index in [-0.39, 0.29) is 10.6 Å². The van der Waals surface area contributed by atoms with Gasteiger partial charge in [0, 0.05) is 24.3 Å². The normalized spacial score (nSPS) is 20.9. The fourth-order valence-electron chi connectivity index (χ4n) is 3.29. The highest BCUT2D eigenvalue weighted by atomic mass is 32.2. The summed E-state index contributed by atoms with van der Waals surface area (Å²) in [7, 11) is -3.78. The molecule has 0 aliphatic carbocycles. The average Bonchev–Trinajstić information content (AvgIpc) is 2.90. The number of likely N-dealkylation sites (tertiary alicyclic amines) is 1. The molecule has 1 amide bonds. The Bertz CT molecular complexity index is 696. The highest BCUT2D eigenvalue weighted by Crippen LogP contribution is 2.35. The number of amides is 1. The van der Waals surface area contributed by atoms with Gasteiger partial charge in [-0.05, 0) is 52.0 Å². The van der Waals surface area contributed by atoms with Gasteiger partial charge >= 0.3 is 6.09 Å². The van der Waals surface area contributed by atoms with E-state index in [0.717, 1.165) is 25.0 Å². The first kappa shape index (κ1) is 17.7. The van der Waals surface area contributed by atoms with Crippen LogP contribution in [0.5, 0.6) is 0 Å². The van der Waals surface area contributed by atoms with Crippen LogP contribution >= 0.6 is 0 Å². The van der Waals surface area contributed by atoms with Gasteiger partial charge in [0.1, 0.15) is 0 Å². The Kier molecular flexibility index (Phi) is 4.72. The maximum atomic E-state index is 11.3. The molecule has 3 N–H and O–H groups in total. The zero-order valence-corrected chi connectivity index (χ0v) is 14.5. The molecule has 0 spiro atoms. The molecule has 2 rings (SSSR count). The summed E-state index contributed by atoms with van der Waals surface area (Å²) in [5.41, 5.74) is 0.409. The van der Waals surface area contributed by atoms with Gasteiger partial charge in [-0.1, -0.05) is 0 Å². The second kappa shape index (κ2) is 6.12. The van der Waals surface area contributed by atoms with Crippen LogP contribution in [0.1, 0.15) is 38.8 Å². The molecule has 0 bridgehead atoms. The molecule has 0 aromatic carbocycles. The maximum Gasteiger partial charge on any atom is 0.407 e. The summed E-state index contributed by atoms with van der Waals surface area (Å²) in [5, 5.41) is 18.2. The minimum absolute atomic E-state index is 0.117. The number of hydrogen-bond donors (Lipinski definition) is 2. The molecule has 2 heterocycles. The fourth-order valence-corrected chi connectivity index (χ4v) is 3.84. The van der Waals surface area contributed by atoms with Crippen LogP contribution < -0.4 is 5.14 Å². The summed E-state index contributed by atoms with van der Waals surface area (Å²) >= 11 is 0. The molecule has 0 saturated carbocycles. The van der Waals surface area contributed by atoms with Crippen molar-refractivity contribution >= 4 is 16.1 Å². The molecule has 1 unspecified atom stereocenters. The lowest BCUT2D eigenvalue weighted by atomic mass is 9.93. The molecule has 8 nitrogen and oxygen atoms in total. The zero-order valence-electron chi connectivity index (χ0n) is 13.7. The number of sulfonamides is 1. The molecule has 9 heteroatoms. The van der Waals surface area contributed by atoms with Gasteiger partial charge in [-0.3, -0.25) is 4.68 Å². The van der Waals surface area contributed by atoms with E-state index >= 15 is 0 Å². The van der Waals surface area contributed by atoms with Crippen molar-refractivity contribution in [1.82, 2.24) is 14.7 Å². The maximum absolute atomic E-state index is 11.3. The lowest BCUT2D eigenvalue weighted by Gasteiger charge is -2.28. The second-order valence-electron chi connectivity index (χ2n) is 6.81. The Morgan fingerprint density at radius 1 is 1.52 bits per heavy atom. The number of carboxylic acid groups (broad SMARTS) is 1. The van der Waals surface area contributed by atoms with Crippen molar-refractivity contribution in [3.8, 4) is 0 Å². The minimum atomic E-state index is -3.78. The largest absolute Gasteiger partial charge is 0.465 e. The Morgan fingerprint density at radius 3 is 2.65 bits per heavy atom. The SMILES string of the molecule is Cc1cc(S(N)(=O)=O)nn1CCCC1CN(C(=O)O)C(C)(C)C1. The number of nitrogens with two attached hydrogens (primary N) is 1. The van der Waals surface area contributed by atoms with Crippen LogP contribution in [0.4, 0.5) is 4.79 Å². The van der Waals surface area contributed by atoms with Gasteiger partial charge in [0.05, 0.1) is 0 Å². The Morgan fingerprint density at radius 2 is 2.17 bits per heavy atom. The van der Waals surface area contributed by atoms with Crippen molar-refractivity contribution in [2.24, 2.45) is 11.1 Å². The van der Waals surface area contributed by atoms with Gasteiger partial charge in [-0.15, -0.1) is 0 Å². The predicted octanol–water partition coefficient (Wildman–Crippen LogP) is 1.40. The third-order valence-corrected chi connectivity index (χ3v) is 5.21. The van der Waals surface area contributed by atoms with Crippen LogP contribution in [0.15, 0.2) is 11.1 Å². The van der Waals surface area contributed by atoms with E-state index in [9.17, 15) is 18.3 Å². The van der Waals surface area contributed by atoms with E-state index in [1.807, 2.05) is 13.8 Å². The van der Waals surface area contributed by atoms with Crippen molar-refractivity contribution in [3.63, 3.8) is 0 Å². The number of rotatable bonds is 5. The smallest absolute Gasteiger partial charge is 0.407 e. The molecule has 23 heavy (non-hydrogen) atoms. The van der Waals surface area contributed by atoms with Crippen molar-refractivity contribution in [2.75, 3.05) is 6.54 Å². The van der Waals surface area contributed by atoms with Gasteiger partial charge in [0.15, 0.2) is 5.03 Å². The van der Waals surface area contributed by atoms with Crippen LogP contribution in [0.3, 0.4) is 0 Å². The van der Waals surface area contributed by atoms with Crippen molar-refractivity contribution in [2.45, 2.75) is 57.1 Å². The van der Waals surface area contributed by atoms with Gasteiger partial charge < -0.3 is 10.0 Å². The lowest BCUT2D eigenvalue weighted by Crippen LogP contribution is -2.41. The van der Waals surface area contributed by atoms with E-state index in [2.05, 4.69) is 5.10 Å². The van der Waals surface area contributed by atoms with E-state index in [4.69, 9.17) is 5.14 Å². The summed E-state index contributed by atoms with van der Waals surface area (Å²) < 4.78 is 24.2. The number of hydrogen-bond acceptors (Lipinski definition) is 4. The molecule has 0 radical (unpaired) electrons. The Hall–Kier alpha value is -1.61. The molecule has 1 aromatic heterocycles. The molecule has 130 valence electrons. The molecule has 1 saturated heterocycles. The standard InChI is InChI=1S/C14H24N4O4S/c1-10-7-12(23(15,21)22)16-18(10)6-4-5-11-8-14(2,3)17(9-11)13(19)20/h7,11H,4-6,8-9H2,1-3H3,(H,19,20)(H2,15,21,22). The molecule has 1 fully saturated rings. The second-order valence-corrected chi connectivity index (χ2v) is 8.32. The van der Waals surface area contributed by atoms with Crippen LogP contribution in [0.2, 0.25) is 0 Å².